The fraction of sp³-hybridized carbons (Fsp3) is 0.150. The van der Waals surface area contributed by atoms with Gasteiger partial charge in [-0.25, -0.2) is 4.98 Å². The molecule has 2 heterocycles. The number of fused-ring (bicyclic) bond motifs is 1. The first kappa shape index (κ1) is 18.9. The van der Waals surface area contributed by atoms with Gasteiger partial charge in [0.15, 0.2) is 5.13 Å². The molecular formula is C20H16Cl2N4OS. The molecule has 0 fully saturated rings. The molecular weight excluding hydrogens is 415 g/mol. The van der Waals surface area contributed by atoms with E-state index in [1.165, 1.54) is 11.3 Å². The fourth-order valence-electron chi connectivity index (χ4n) is 3.00. The summed E-state index contributed by atoms with van der Waals surface area (Å²) < 4.78 is 0.918. The van der Waals surface area contributed by atoms with Gasteiger partial charge in [0.05, 0.1) is 15.3 Å². The number of aryl methyl sites for hydroxylation is 1. The number of nitrogens with one attached hydrogen (secondary N) is 2. The van der Waals surface area contributed by atoms with Crippen LogP contribution >= 0.6 is 34.5 Å². The Balaban J connectivity index is 1.71. The highest BCUT2D eigenvalue weighted by Crippen LogP contribution is 2.32. The first-order chi connectivity index (χ1) is 13.6. The van der Waals surface area contributed by atoms with Gasteiger partial charge in [0.25, 0.3) is 5.91 Å². The summed E-state index contributed by atoms with van der Waals surface area (Å²) in [5, 5.41) is 12.0. The van der Waals surface area contributed by atoms with Crippen molar-refractivity contribution in [1.82, 2.24) is 15.2 Å². The summed E-state index contributed by atoms with van der Waals surface area (Å²) in [5.74, 6) is -0.252. The monoisotopic (exact) mass is 430 g/mol. The lowest BCUT2D eigenvalue weighted by Crippen LogP contribution is -2.14. The minimum absolute atomic E-state index is 0.252. The SMILES string of the molecule is CCCc1[nH]nc(-c2ccc(Cl)cc2)c1C(=O)Nc1nc2c(Cl)cccc2s1. The van der Waals surface area contributed by atoms with Crippen molar-refractivity contribution in [3.63, 3.8) is 0 Å². The molecule has 4 aromatic rings. The third-order valence-electron chi connectivity index (χ3n) is 4.28. The Bertz CT molecular complexity index is 1150. The second-order valence-electron chi connectivity index (χ2n) is 6.24. The van der Waals surface area contributed by atoms with Crippen molar-refractivity contribution < 1.29 is 4.79 Å². The quantitative estimate of drug-likeness (QED) is 0.395. The topological polar surface area (TPSA) is 70.7 Å². The molecule has 0 saturated carbocycles. The van der Waals surface area contributed by atoms with Gasteiger partial charge in [-0.1, -0.05) is 66.1 Å². The Morgan fingerprint density at radius 3 is 2.68 bits per heavy atom. The summed E-state index contributed by atoms with van der Waals surface area (Å²) in [4.78, 5) is 17.6. The first-order valence-electron chi connectivity index (χ1n) is 8.76. The molecule has 0 unspecified atom stereocenters. The molecule has 0 aliphatic carbocycles. The summed E-state index contributed by atoms with van der Waals surface area (Å²) >= 11 is 13.6. The van der Waals surface area contributed by atoms with Crippen molar-refractivity contribution in [2.45, 2.75) is 19.8 Å². The van der Waals surface area contributed by atoms with E-state index >= 15 is 0 Å². The number of rotatable bonds is 5. The van der Waals surface area contributed by atoms with Gasteiger partial charge in [-0.05, 0) is 30.7 Å². The molecule has 0 aliphatic heterocycles. The Morgan fingerprint density at radius 1 is 1.18 bits per heavy atom. The zero-order valence-corrected chi connectivity index (χ0v) is 17.3. The number of amides is 1. The molecule has 0 spiro atoms. The van der Waals surface area contributed by atoms with E-state index in [1.54, 1.807) is 18.2 Å². The third kappa shape index (κ3) is 3.63. The average molecular weight is 431 g/mol. The van der Waals surface area contributed by atoms with Gasteiger partial charge in [-0.2, -0.15) is 5.10 Å². The van der Waals surface area contributed by atoms with E-state index in [0.717, 1.165) is 28.8 Å². The number of nitrogens with zero attached hydrogens (tertiary/aromatic N) is 2. The Labute approximate surface area is 175 Å². The van der Waals surface area contributed by atoms with Gasteiger partial charge in [-0.15, -0.1) is 0 Å². The molecule has 0 saturated heterocycles. The van der Waals surface area contributed by atoms with Crippen molar-refractivity contribution in [2.75, 3.05) is 5.32 Å². The maximum Gasteiger partial charge on any atom is 0.261 e. The lowest BCUT2D eigenvalue weighted by atomic mass is 10.0. The summed E-state index contributed by atoms with van der Waals surface area (Å²) in [7, 11) is 0. The lowest BCUT2D eigenvalue weighted by Gasteiger charge is -2.06. The van der Waals surface area contributed by atoms with E-state index in [4.69, 9.17) is 23.2 Å². The molecule has 8 heteroatoms. The van der Waals surface area contributed by atoms with Gasteiger partial charge in [-0.3, -0.25) is 15.2 Å². The smallest absolute Gasteiger partial charge is 0.261 e. The van der Waals surface area contributed by atoms with Crippen LogP contribution in [0, 0.1) is 0 Å². The van der Waals surface area contributed by atoms with Crippen LogP contribution in [0.4, 0.5) is 5.13 Å². The van der Waals surface area contributed by atoms with E-state index in [1.807, 2.05) is 24.3 Å². The van der Waals surface area contributed by atoms with Crippen LogP contribution in [0.5, 0.6) is 0 Å². The van der Waals surface area contributed by atoms with Crippen molar-refractivity contribution >= 4 is 55.8 Å². The maximum absolute atomic E-state index is 13.1. The molecule has 5 nitrogen and oxygen atoms in total. The van der Waals surface area contributed by atoms with Gasteiger partial charge in [0.1, 0.15) is 11.2 Å². The number of H-pyrrole nitrogens is 1. The average Bonchev–Trinajstić information content (AvgIpc) is 3.27. The zero-order chi connectivity index (χ0) is 19.7. The lowest BCUT2D eigenvalue weighted by molar-refractivity contribution is 0.102. The number of para-hydroxylation sites is 1. The van der Waals surface area contributed by atoms with Crippen LogP contribution in [0.15, 0.2) is 42.5 Å². The van der Waals surface area contributed by atoms with Crippen LogP contribution in [-0.2, 0) is 6.42 Å². The molecule has 0 bridgehead atoms. The molecule has 28 heavy (non-hydrogen) atoms. The van der Waals surface area contributed by atoms with Crippen LogP contribution in [0.3, 0.4) is 0 Å². The Kier molecular flexibility index (Phi) is 5.35. The van der Waals surface area contributed by atoms with Crippen molar-refractivity contribution in [3.8, 4) is 11.3 Å². The number of carbonyl (C=O) groups excluding carboxylic acids is 1. The number of halogens is 2. The molecule has 0 atom stereocenters. The van der Waals surface area contributed by atoms with Crippen LogP contribution in [0.25, 0.3) is 21.5 Å². The number of thiazole rings is 1. The molecule has 0 aliphatic rings. The number of carbonyl (C=O) groups is 1. The van der Waals surface area contributed by atoms with E-state index < -0.39 is 0 Å². The maximum atomic E-state index is 13.1. The minimum atomic E-state index is -0.252. The number of benzene rings is 2. The molecule has 0 radical (unpaired) electrons. The highest BCUT2D eigenvalue weighted by molar-refractivity contribution is 7.22. The highest BCUT2D eigenvalue weighted by Gasteiger charge is 2.22. The van der Waals surface area contributed by atoms with Gasteiger partial charge in [0.2, 0.25) is 0 Å². The second kappa shape index (κ2) is 7.91. The molecule has 4 rings (SSSR count). The Hall–Kier alpha value is -2.41. The van der Waals surface area contributed by atoms with Crippen LogP contribution < -0.4 is 5.32 Å². The predicted octanol–water partition coefficient (Wildman–Crippen LogP) is 6.20. The largest absolute Gasteiger partial charge is 0.298 e. The standard InChI is InChI=1S/C20H16Cl2N4OS/c1-2-4-14-16(17(26-25-14)11-7-9-12(21)10-8-11)19(27)24-20-23-18-13(22)5-3-6-15(18)28-20/h3,5-10H,2,4H2,1H3,(H,25,26)(H,23,24,27). The number of hydrogen-bond donors (Lipinski definition) is 2. The molecule has 2 N–H and O–H groups in total. The summed E-state index contributed by atoms with van der Waals surface area (Å²) in [5.41, 5.74) is 3.42. The summed E-state index contributed by atoms with van der Waals surface area (Å²) in [6.07, 6.45) is 1.61. The van der Waals surface area contributed by atoms with Crippen LogP contribution in [0.1, 0.15) is 29.4 Å². The summed E-state index contributed by atoms with van der Waals surface area (Å²) in [6, 6.07) is 12.8. The van der Waals surface area contributed by atoms with Crippen molar-refractivity contribution in [1.29, 1.82) is 0 Å². The van der Waals surface area contributed by atoms with E-state index in [2.05, 4.69) is 27.4 Å². The number of aromatic nitrogens is 3. The fourth-order valence-corrected chi connectivity index (χ4v) is 4.28. The van der Waals surface area contributed by atoms with Gasteiger partial charge < -0.3 is 0 Å². The normalized spacial score (nSPS) is 11.1. The molecule has 2 aromatic carbocycles. The highest BCUT2D eigenvalue weighted by atomic mass is 35.5. The third-order valence-corrected chi connectivity index (χ3v) is 5.77. The molecule has 142 valence electrons. The second-order valence-corrected chi connectivity index (χ2v) is 8.12. The zero-order valence-electron chi connectivity index (χ0n) is 14.9. The molecule has 1 amide bonds. The number of anilines is 1. The predicted molar refractivity (Wildman–Crippen MR) is 116 cm³/mol. The molecule has 2 aromatic heterocycles. The number of aromatic amines is 1. The summed E-state index contributed by atoms with van der Waals surface area (Å²) in [6.45, 7) is 2.06. The van der Waals surface area contributed by atoms with E-state index in [-0.39, 0.29) is 5.91 Å². The van der Waals surface area contributed by atoms with Crippen molar-refractivity contribution in [3.05, 3.63) is 63.8 Å². The van der Waals surface area contributed by atoms with Gasteiger partial charge in [0, 0.05) is 16.3 Å². The van der Waals surface area contributed by atoms with E-state index in [9.17, 15) is 4.79 Å². The number of hydrogen-bond acceptors (Lipinski definition) is 4. The Morgan fingerprint density at radius 2 is 1.96 bits per heavy atom. The van der Waals surface area contributed by atoms with Gasteiger partial charge >= 0.3 is 0 Å². The first-order valence-corrected chi connectivity index (χ1v) is 10.3. The van der Waals surface area contributed by atoms with Crippen LogP contribution in [-0.4, -0.2) is 21.1 Å². The van der Waals surface area contributed by atoms with E-state index in [0.29, 0.717) is 32.0 Å². The van der Waals surface area contributed by atoms with Crippen molar-refractivity contribution in [2.24, 2.45) is 0 Å². The van der Waals surface area contributed by atoms with Crippen LogP contribution in [0.2, 0.25) is 10.0 Å². The minimum Gasteiger partial charge on any atom is -0.298 e.